The molecule has 3 nitrogen and oxygen atoms in total. The maximum absolute atomic E-state index is 5.56. The Labute approximate surface area is 86.8 Å². The number of hydrogen-bond acceptors (Lipinski definition) is 3. The van der Waals surface area contributed by atoms with Gasteiger partial charge in [-0.3, -0.25) is 4.84 Å². The molecule has 0 aromatic carbocycles. The highest BCUT2D eigenvalue weighted by Gasteiger charge is 2.23. The molecule has 2 rings (SSSR count). The summed E-state index contributed by atoms with van der Waals surface area (Å²) in [6.07, 6.45) is 6.52. The van der Waals surface area contributed by atoms with Crippen molar-refractivity contribution in [2.24, 2.45) is 0 Å². The number of nitrogens with one attached hydrogen (secondary N) is 1. The van der Waals surface area contributed by atoms with E-state index in [0.717, 1.165) is 19.2 Å². The SMILES string of the molecule is CC(CC1CCCCN1)N1CCCO1. The largest absolute Gasteiger partial charge is 0.314 e. The van der Waals surface area contributed by atoms with E-state index in [-0.39, 0.29) is 0 Å². The van der Waals surface area contributed by atoms with Gasteiger partial charge in [-0.2, -0.15) is 5.06 Å². The van der Waals surface area contributed by atoms with Crippen LogP contribution in [0.4, 0.5) is 0 Å². The second kappa shape index (κ2) is 5.10. The summed E-state index contributed by atoms with van der Waals surface area (Å²) < 4.78 is 0. The first-order valence-electron chi connectivity index (χ1n) is 5.99. The molecule has 2 atom stereocenters. The lowest BCUT2D eigenvalue weighted by molar-refractivity contribution is -0.139. The monoisotopic (exact) mass is 198 g/mol. The molecule has 0 aromatic rings. The van der Waals surface area contributed by atoms with Gasteiger partial charge in [0.15, 0.2) is 0 Å². The Balaban J connectivity index is 1.72. The summed E-state index contributed by atoms with van der Waals surface area (Å²) in [5.41, 5.74) is 0. The van der Waals surface area contributed by atoms with Gasteiger partial charge in [0.1, 0.15) is 0 Å². The summed E-state index contributed by atoms with van der Waals surface area (Å²) >= 11 is 0. The lowest BCUT2D eigenvalue weighted by Gasteiger charge is -2.29. The minimum Gasteiger partial charge on any atom is -0.314 e. The summed E-state index contributed by atoms with van der Waals surface area (Å²) in [6, 6.07) is 1.30. The van der Waals surface area contributed by atoms with Crippen LogP contribution in [-0.4, -0.2) is 36.8 Å². The van der Waals surface area contributed by atoms with E-state index in [1.54, 1.807) is 0 Å². The zero-order chi connectivity index (χ0) is 9.80. The topological polar surface area (TPSA) is 24.5 Å². The Hall–Kier alpha value is -0.120. The van der Waals surface area contributed by atoms with E-state index in [4.69, 9.17) is 4.84 Å². The molecule has 2 unspecified atom stereocenters. The molecule has 0 aliphatic carbocycles. The van der Waals surface area contributed by atoms with Gasteiger partial charge in [0, 0.05) is 18.6 Å². The van der Waals surface area contributed by atoms with Gasteiger partial charge in [-0.1, -0.05) is 6.42 Å². The van der Waals surface area contributed by atoms with E-state index in [0.29, 0.717) is 6.04 Å². The van der Waals surface area contributed by atoms with E-state index in [9.17, 15) is 0 Å². The fourth-order valence-electron chi connectivity index (χ4n) is 2.47. The fourth-order valence-corrected chi connectivity index (χ4v) is 2.47. The van der Waals surface area contributed by atoms with Crippen LogP contribution in [-0.2, 0) is 4.84 Å². The first-order chi connectivity index (χ1) is 6.86. The van der Waals surface area contributed by atoms with Crippen molar-refractivity contribution in [1.82, 2.24) is 10.4 Å². The van der Waals surface area contributed by atoms with Crippen molar-refractivity contribution < 1.29 is 4.84 Å². The number of hydrogen-bond donors (Lipinski definition) is 1. The van der Waals surface area contributed by atoms with E-state index < -0.39 is 0 Å². The van der Waals surface area contributed by atoms with Crippen LogP contribution >= 0.6 is 0 Å². The minimum atomic E-state index is 0.577. The molecule has 0 aromatic heterocycles. The Morgan fingerprint density at radius 3 is 3.00 bits per heavy atom. The van der Waals surface area contributed by atoms with Gasteiger partial charge >= 0.3 is 0 Å². The molecule has 0 bridgehead atoms. The molecule has 82 valence electrons. The van der Waals surface area contributed by atoms with Crippen LogP contribution in [0.5, 0.6) is 0 Å². The zero-order valence-electron chi connectivity index (χ0n) is 9.17. The Kier molecular flexibility index (Phi) is 3.79. The van der Waals surface area contributed by atoms with E-state index >= 15 is 0 Å². The standard InChI is InChI=1S/C11H22N2O/c1-10(13-7-4-8-14-13)9-11-5-2-3-6-12-11/h10-12H,2-9H2,1H3. The van der Waals surface area contributed by atoms with Crippen LogP contribution in [0.2, 0.25) is 0 Å². The number of nitrogens with zero attached hydrogens (tertiary/aromatic N) is 1. The summed E-state index contributed by atoms with van der Waals surface area (Å²) in [4.78, 5) is 5.56. The molecule has 2 fully saturated rings. The van der Waals surface area contributed by atoms with Crippen molar-refractivity contribution in [1.29, 1.82) is 0 Å². The maximum Gasteiger partial charge on any atom is 0.0698 e. The van der Waals surface area contributed by atoms with Gasteiger partial charge in [-0.15, -0.1) is 0 Å². The van der Waals surface area contributed by atoms with E-state index in [2.05, 4.69) is 17.3 Å². The highest BCUT2D eigenvalue weighted by Crippen LogP contribution is 2.17. The van der Waals surface area contributed by atoms with E-state index in [1.807, 2.05) is 0 Å². The summed E-state index contributed by atoms with van der Waals surface area (Å²) in [5, 5.41) is 5.75. The van der Waals surface area contributed by atoms with Gasteiger partial charge in [-0.05, 0) is 39.2 Å². The molecular formula is C11H22N2O. The molecule has 0 radical (unpaired) electrons. The third kappa shape index (κ3) is 2.69. The molecule has 2 aliphatic rings. The Bertz CT molecular complexity index is 163. The molecule has 2 saturated heterocycles. The molecule has 14 heavy (non-hydrogen) atoms. The van der Waals surface area contributed by atoms with Crippen molar-refractivity contribution in [3.05, 3.63) is 0 Å². The maximum atomic E-state index is 5.56. The minimum absolute atomic E-state index is 0.577. The van der Waals surface area contributed by atoms with Crippen molar-refractivity contribution in [2.45, 2.75) is 51.1 Å². The van der Waals surface area contributed by atoms with Crippen LogP contribution in [0.3, 0.4) is 0 Å². The highest BCUT2D eigenvalue weighted by molar-refractivity contribution is 4.77. The molecule has 1 N–H and O–H groups in total. The molecule has 3 heteroatoms. The van der Waals surface area contributed by atoms with Crippen molar-refractivity contribution in [2.75, 3.05) is 19.7 Å². The van der Waals surface area contributed by atoms with Crippen LogP contribution < -0.4 is 5.32 Å². The number of piperidine rings is 1. The first kappa shape index (κ1) is 10.4. The molecule has 0 amide bonds. The lowest BCUT2D eigenvalue weighted by Crippen LogP contribution is -2.40. The van der Waals surface area contributed by atoms with Gasteiger partial charge in [0.05, 0.1) is 6.61 Å². The molecule has 2 heterocycles. The van der Waals surface area contributed by atoms with Gasteiger partial charge in [0.25, 0.3) is 0 Å². The molecule has 0 saturated carbocycles. The van der Waals surface area contributed by atoms with Crippen molar-refractivity contribution in [3.8, 4) is 0 Å². The second-order valence-electron chi connectivity index (χ2n) is 4.56. The lowest BCUT2D eigenvalue weighted by atomic mass is 9.99. The summed E-state index contributed by atoms with van der Waals surface area (Å²) in [5.74, 6) is 0. The normalized spacial score (nSPS) is 31.9. The van der Waals surface area contributed by atoms with Gasteiger partial charge in [-0.25, -0.2) is 0 Å². The summed E-state index contributed by atoms with van der Waals surface area (Å²) in [6.45, 7) is 5.52. The smallest absolute Gasteiger partial charge is 0.0698 e. The molecule has 2 aliphatic heterocycles. The van der Waals surface area contributed by atoms with Gasteiger partial charge in [0.2, 0.25) is 0 Å². The molecular weight excluding hydrogens is 176 g/mol. The van der Waals surface area contributed by atoms with Crippen LogP contribution in [0.15, 0.2) is 0 Å². The van der Waals surface area contributed by atoms with Crippen LogP contribution in [0.1, 0.15) is 39.0 Å². The highest BCUT2D eigenvalue weighted by atomic mass is 16.7. The summed E-state index contributed by atoms with van der Waals surface area (Å²) in [7, 11) is 0. The Morgan fingerprint density at radius 2 is 2.36 bits per heavy atom. The van der Waals surface area contributed by atoms with Crippen LogP contribution in [0, 0.1) is 0 Å². The van der Waals surface area contributed by atoms with Crippen molar-refractivity contribution >= 4 is 0 Å². The molecule has 0 spiro atoms. The van der Waals surface area contributed by atoms with Crippen LogP contribution in [0.25, 0.3) is 0 Å². The third-order valence-corrected chi connectivity index (χ3v) is 3.31. The predicted molar refractivity (Wildman–Crippen MR) is 57.0 cm³/mol. The third-order valence-electron chi connectivity index (χ3n) is 3.31. The first-order valence-corrected chi connectivity index (χ1v) is 5.99. The quantitative estimate of drug-likeness (QED) is 0.744. The number of hydroxylamine groups is 2. The predicted octanol–water partition coefficient (Wildman–Crippen LogP) is 1.54. The average Bonchev–Trinajstić information content (AvgIpc) is 2.72. The zero-order valence-corrected chi connectivity index (χ0v) is 9.17. The van der Waals surface area contributed by atoms with Crippen molar-refractivity contribution in [3.63, 3.8) is 0 Å². The Morgan fingerprint density at radius 1 is 1.43 bits per heavy atom. The second-order valence-corrected chi connectivity index (χ2v) is 4.56. The van der Waals surface area contributed by atoms with Gasteiger partial charge < -0.3 is 5.32 Å². The fraction of sp³-hybridized carbons (Fsp3) is 1.00. The van der Waals surface area contributed by atoms with E-state index in [1.165, 1.54) is 38.6 Å². The average molecular weight is 198 g/mol. The number of rotatable bonds is 3.